The molecule has 0 saturated carbocycles. The number of carbonyl (C=O) groups excluding carboxylic acids is 2. The van der Waals surface area contributed by atoms with Gasteiger partial charge < -0.3 is 14.5 Å². The predicted octanol–water partition coefficient (Wildman–Crippen LogP) is 4.06. The van der Waals surface area contributed by atoms with Gasteiger partial charge in [0.25, 0.3) is 6.43 Å². The van der Waals surface area contributed by atoms with Crippen molar-refractivity contribution in [2.75, 3.05) is 31.1 Å². The first-order chi connectivity index (χ1) is 15.9. The number of esters is 1. The van der Waals surface area contributed by atoms with Crippen molar-refractivity contribution in [2.45, 2.75) is 45.6 Å². The Balaban J connectivity index is 1.18. The molecule has 2 aromatic rings. The minimum atomic E-state index is -2.61. The molecule has 33 heavy (non-hydrogen) atoms. The molecule has 0 atom stereocenters. The van der Waals surface area contributed by atoms with Crippen LogP contribution < -0.4 is 4.90 Å². The Morgan fingerprint density at radius 2 is 1.85 bits per heavy atom. The molecule has 3 aliphatic rings. The SMILES string of the molecule is Cc1c(CCN2CCC3(CC2)CCN(c2ccc(C(F)F)nc2)C3=O)ccc2c1COC2=O. The topological polar surface area (TPSA) is 62.7 Å². The number of amides is 1. The lowest BCUT2D eigenvalue weighted by Gasteiger charge is -2.38. The third-order valence-corrected chi connectivity index (χ3v) is 7.61. The number of carbonyl (C=O) groups is 2. The van der Waals surface area contributed by atoms with Crippen molar-refractivity contribution in [3.8, 4) is 0 Å². The minimum absolute atomic E-state index is 0.0906. The number of nitrogens with zero attached hydrogens (tertiary/aromatic N) is 3. The van der Waals surface area contributed by atoms with Gasteiger partial charge in [-0.2, -0.15) is 0 Å². The zero-order chi connectivity index (χ0) is 23.2. The molecule has 1 aromatic carbocycles. The quantitative estimate of drug-likeness (QED) is 0.637. The summed E-state index contributed by atoms with van der Waals surface area (Å²) in [5.74, 6) is -0.148. The third kappa shape index (κ3) is 3.90. The number of hydrogen-bond donors (Lipinski definition) is 0. The fourth-order valence-corrected chi connectivity index (χ4v) is 5.37. The number of piperidine rings is 1. The van der Waals surface area contributed by atoms with Gasteiger partial charge in [0, 0.05) is 18.7 Å². The van der Waals surface area contributed by atoms with Gasteiger partial charge in [-0.25, -0.2) is 13.6 Å². The van der Waals surface area contributed by atoms with Gasteiger partial charge in [0.1, 0.15) is 12.3 Å². The monoisotopic (exact) mass is 455 g/mol. The van der Waals surface area contributed by atoms with E-state index in [1.165, 1.54) is 17.8 Å². The summed E-state index contributed by atoms with van der Waals surface area (Å²) >= 11 is 0. The van der Waals surface area contributed by atoms with E-state index in [-0.39, 0.29) is 23.0 Å². The number of benzene rings is 1. The summed E-state index contributed by atoms with van der Waals surface area (Å²) in [7, 11) is 0. The largest absolute Gasteiger partial charge is 0.457 e. The average Bonchev–Trinajstić information content (AvgIpc) is 3.35. The van der Waals surface area contributed by atoms with Crippen molar-refractivity contribution in [3.05, 3.63) is 58.4 Å². The van der Waals surface area contributed by atoms with E-state index in [0.717, 1.165) is 56.4 Å². The first kappa shape index (κ1) is 21.9. The summed E-state index contributed by atoms with van der Waals surface area (Å²) in [6.45, 7) is 5.63. The molecule has 6 nitrogen and oxygen atoms in total. The van der Waals surface area contributed by atoms with Gasteiger partial charge in [-0.15, -0.1) is 0 Å². The molecule has 3 aliphatic heterocycles. The summed E-state index contributed by atoms with van der Waals surface area (Å²) in [5.41, 5.74) is 4.01. The van der Waals surface area contributed by atoms with Gasteiger partial charge >= 0.3 is 5.97 Å². The number of hydrogen-bond acceptors (Lipinski definition) is 5. The van der Waals surface area contributed by atoms with Crippen molar-refractivity contribution in [3.63, 3.8) is 0 Å². The molecule has 4 heterocycles. The van der Waals surface area contributed by atoms with E-state index in [4.69, 9.17) is 4.74 Å². The molecule has 8 heteroatoms. The number of halogens is 2. The van der Waals surface area contributed by atoms with Gasteiger partial charge in [-0.3, -0.25) is 9.78 Å². The molecule has 0 N–H and O–H groups in total. The highest BCUT2D eigenvalue weighted by Crippen LogP contribution is 2.43. The molecule has 0 radical (unpaired) electrons. The van der Waals surface area contributed by atoms with Crippen LogP contribution in [0.1, 0.15) is 58.4 Å². The molecule has 2 saturated heterocycles. The Hall–Kier alpha value is -2.87. The van der Waals surface area contributed by atoms with E-state index in [9.17, 15) is 18.4 Å². The third-order valence-electron chi connectivity index (χ3n) is 7.61. The van der Waals surface area contributed by atoms with Crippen LogP contribution in [0.4, 0.5) is 14.5 Å². The summed E-state index contributed by atoms with van der Waals surface area (Å²) in [6.07, 6.45) is 2.05. The van der Waals surface area contributed by atoms with Gasteiger partial charge in [-0.05, 0) is 75.0 Å². The lowest BCUT2D eigenvalue weighted by molar-refractivity contribution is -0.128. The molecule has 174 valence electrons. The van der Waals surface area contributed by atoms with Crippen LogP contribution in [0, 0.1) is 12.3 Å². The second-order valence-corrected chi connectivity index (χ2v) is 9.27. The van der Waals surface area contributed by atoms with Gasteiger partial charge in [0.2, 0.25) is 5.91 Å². The zero-order valence-electron chi connectivity index (χ0n) is 18.7. The van der Waals surface area contributed by atoms with E-state index in [1.54, 1.807) is 11.0 Å². The molecule has 1 amide bonds. The maximum atomic E-state index is 13.3. The van der Waals surface area contributed by atoms with Crippen LogP contribution in [0.3, 0.4) is 0 Å². The maximum Gasteiger partial charge on any atom is 0.338 e. The number of rotatable bonds is 5. The lowest BCUT2D eigenvalue weighted by atomic mass is 9.77. The standard InChI is InChI=1S/C25H27F2N3O3/c1-16-17(2-4-19-20(16)15-33-23(19)31)6-10-29-11-7-25(8-12-29)9-13-30(24(25)32)18-3-5-21(22(26)27)28-14-18/h2-5,14,22H,6-13,15H2,1H3. The molecule has 2 fully saturated rings. The van der Waals surface area contributed by atoms with Crippen LogP contribution in [0.25, 0.3) is 0 Å². The van der Waals surface area contributed by atoms with Gasteiger partial charge in [-0.1, -0.05) is 6.07 Å². The Labute approximate surface area is 191 Å². The molecule has 1 aromatic heterocycles. The number of anilines is 1. The number of likely N-dealkylation sites (tertiary alicyclic amines) is 1. The number of cyclic esters (lactones) is 1. The Kier molecular flexibility index (Phi) is 5.64. The minimum Gasteiger partial charge on any atom is -0.457 e. The maximum absolute atomic E-state index is 13.3. The lowest BCUT2D eigenvalue weighted by Crippen LogP contribution is -2.45. The van der Waals surface area contributed by atoms with Crippen LogP contribution in [0.15, 0.2) is 30.5 Å². The van der Waals surface area contributed by atoms with Crippen LogP contribution in [0.5, 0.6) is 0 Å². The molecular weight excluding hydrogens is 428 g/mol. The van der Waals surface area contributed by atoms with Crippen LogP contribution >= 0.6 is 0 Å². The van der Waals surface area contributed by atoms with Crippen molar-refractivity contribution < 1.29 is 23.1 Å². The van der Waals surface area contributed by atoms with Crippen molar-refractivity contribution in [1.29, 1.82) is 0 Å². The summed E-state index contributed by atoms with van der Waals surface area (Å²) in [4.78, 5) is 32.9. The first-order valence-corrected chi connectivity index (χ1v) is 11.4. The van der Waals surface area contributed by atoms with Crippen molar-refractivity contribution in [2.24, 2.45) is 5.41 Å². The highest BCUT2D eigenvalue weighted by atomic mass is 19.3. The predicted molar refractivity (Wildman–Crippen MR) is 118 cm³/mol. The second kappa shape index (κ2) is 8.48. The van der Waals surface area contributed by atoms with Crippen LogP contribution in [-0.2, 0) is 22.6 Å². The number of fused-ring (bicyclic) bond motifs is 1. The van der Waals surface area contributed by atoms with Gasteiger partial charge in [0.15, 0.2) is 0 Å². The van der Waals surface area contributed by atoms with E-state index in [0.29, 0.717) is 24.4 Å². The molecular formula is C25H27F2N3O3. The zero-order valence-corrected chi connectivity index (χ0v) is 18.7. The van der Waals surface area contributed by atoms with Crippen molar-refractivity contribution >= 4 is 17.6 Å². The molecule has 0 aliphatic carbocycles. The summed E-state index contributed by atoms with van der Waals surface area (Å²) in [6, 6.07) is 6.76. The number of aromatic nitrogens is 1. The fraction of sp³-hybridized carbons (Fsp3) is 0.480. The fourth-order valence-electron chi connectivity index (χ4n) is 5.37. The summed E-state index contributed by atoms with van der Waals surface area (Å²) < 4.78 is 30.7. The van der Waals surface area contributed by atoms with E-state index >= 15 is 0 Å². The smallest absolute Gasteiger partial charge is 0.338 e. The Bertz CT molecular complexity index is 1080. The van der Waals surface area contributed by atoms with Crippen LogP contribution in [0.2, 0.25) is 0 Å². The van der Waals surface area contributed by atoms with E-state index < -0.39 is 6.43 Å². The number of alkyl halides is 2. The highest BCUT2D eigenvalue weighted by molar-refractivity contribution is 5.99. The van der Waals surface area contributed by atoms with Crippen molar-refractivity contribution in [1.82, 2.24) is 9.88 Å². The summed E-state index contributed by atoms with van der Waals surface area (Å²) in [5, 5.41) is 0. The second-order valence-electron chi connectivity index (χ2n) is 9.27. The number of pyridine rings is 1. The molecule has 1 spiro atoms. The van der Waals surface area contributed by atoms with Crippen LogP contribution in [-0.4, -0.2) is 47.9 Å². The first-order valence-electron chi connectivity index (χ1n) is 11.4. The molecule has 5 rings (SSSR count). The molecule has 0 unspecified atom stereocenters. The number of ether oxygens (including phenoxy) is 1. The van der Waals surface area contributed by atoms with Gasteiger partial charge in [0.05, 0.1) is 22.9 Å². The highest BCUT2D eigenvalue weighted by Gasteiger charge is 2.48. The average molecular weight is 456 g/mol. The molecule has 0 bridgehead atoms. The Morgan fingerprint density at radius 1 is 1.09 bits per heavy atom. The van der Waals surface area contributed by atoms with E-state index in [2.05, 4.69) is 16.8 Å². The Morgan fingerprint density at radius 3 is 2.55 bits per heavy atom. The normalized spacial score (nSPS) is 20.1. The van der Waals surface area contributed by atoms with E-state index in [1.807, 2.05) is 12.1 Å².